The van der Waals surface area contributed by atoms with Crippen LogP contribution >= 0.6 is 0 Å². The van der Waals surface area contributed by atoms with Crippen molar-refractivity contribution in [1.82, 2.24) is 9.21 Å². The van der Waals surface area contributed by atoms with Gasteiger partial charge in [0.2, 0.25) is 10.0 Å². The summed E-state index contributed by atoms with van der Waals surface area (Å²) in [4.78, 5) is 2.90. The second-order valence-electron chi connectivity index (χ2n) is 8.27. The van der Waals surface area contributed by atoms with Crippen molar-refractivity contribution in [2.45, 2.75) is 56.4 Å². The molecule has 1 aromatic carbocycles. The zero-order chi connectivity index (χ0) is 18.3. The number of piperidine rings is 2. The standard InChI is InChI=1S/C20H29FN2O2S/c1-15-12-18(21)8-9-19(15)26(24,25)23-13-16-6-5-7-17(14-23)20(16)22-10-3-2-4-11-22/h8-9,12,16-17,20H,2-7,10-11,13-14H2,1H3. The van der Waals surface area contributed by atoms with Gasteiger partial charge in [-0.15, -0.1) is 0 Å². The van der Waals surface area contributed by atoms with E-state index in [1.807, 2.05) is 0 Å². The van der Waals surface area contributed by atoms with Gasteiger partial charge in [0.25, 0.3) is 0 Å². The molecule has 0 amide bonds. The molecule has 4 nitrogen and oxygen atoms in total. The molecule has 144 valence electrons. The number of hydrogen-bond donors (Lipinski definition) is 0. The van der Waals surface area contributed by atoms with Gasteiger partial charge in [-0.2, -0.15) is 4.31 Å². The van der Waals surface area contributed by atoms with Crippen LogP contribution in [0.2, 0.25) is 0 Å². The first-order valence-corrected chi connectivity index (χ1v) is 11.4. The number of aryl methyl sites for hydroxylation is 1. The molecule has 4 rings (SSSR count). The fourth-order valence-electron chi connectivity index (χ4n) is 5.42. The zero-order valence-corrected chi connectivity index (χ0v) is 16.3. The quantitative estimate of drug-likeness (QED) is 0.807. The summed E-state index contributed by atoms with van der Waals surface area (Å²) in [6, 6.07) is 4.53. The van der Waals surface area contributed by atoms with E-state index >= 15 is 0 Å². The maximum Gasteiger partial charge on any atom is 0.243 e. The number of likely N-dealkylation sites (tertiary alicyclic amines) is 1. The van der Waals surface area contributed by atoms with Gasteiger partial charge in [-0.05, 0) is 81.3 Å². The van der Waals surface area contributed by atoms with E-state index in [-0.39, 0.29) is 10.7 Å². The van der Waals surface area contributed by atoms with Crippen molar-refractivity contribution in [1.29, 1.82) is 0 Å². The van der Waals surface area contributed by atoms with Gasteiger partial charge in [-0.1, -0.05) is 12.8 Å². The largest absolute Gasteiger partial charge is 0.300 e. The predicted molar refractivity (Wildman–Crippen MR) is 99.9 cm³/mol. The zero-order valence-electron chi connectivity index (χ0n) is 15.5. The molecule has 2 saturated heterocycles. The lowest BCUT2D eigenvalue weighted by molar-refractivity contribution is -0.00312. The molecule has 0 radical (unpaired) electrons. The summed E-state index contributed by atoms with van der Waals surface area (Å²) in [6.07, 6.45) is 7.31. The van der Waals surface area contributed by atoms with Gasteiger partial charge < -0.3 is 0 Å². The molecule has 26 heavy (non-hydrogen) atoms. The van der Waals surface area contributed by atoms with Crippen LogP contribution in [0.3, 0.4) is 0 Å². The molecule has 2 aliphatic heterocycles. The molecular weight excluding hydrogens is 351 g/mol. The van der Waals surface area contributed by atoms with Crippen molar-refractivity contribution >= 4 is 10.0 Å². The summed E-state index contributed by atoms with van der Waals surface area (Å²) in [6.45, 7) is 5.23. The number of halogens is 1. The Morgan fingerprint density at radius 2 is 1.65 bits per heavy atom. The van der Waals surface area contributed by atoms with Crippen molar-refractivity contribution in [2.75, 3.05) is 26.2 Å². The number of nitrogens with zero attached hydrogens (tertiary/aromatic N) is 2. The molecule has 1 saturated carbocycles. The van der Waals surface area contributed by atoms with Gasteiger partial charge in [-0.25, -0.2) is 12.8 Å². The van der Waals surface area contributed by atoms with E-state index in [0.29, 0.717) is 36.5 Å². The first-order chi connectivity index (χ1) is 12.5. The summed E-state index contributed by atoms with van der Waals surface area (Å²) < 4.78 is 41.5. The molecule has 0 aromatic heterocycles. The predicted octanol–water partition coefficient (Wildman–Crippen LogP) is 3.41. The Kier molecular flexibility index (Phi) is 5.10. The number of benzene rings is 1. The van der Waals surface area contributed by atoms with Gasteiger partial charge >= 0.3 is 0 Å². The van der Waals surface area contributed by atoms with Crippen molar-refractivity contribution in [3.05, 3.63) is 29.6 Å². The summed E-state index contributed by atoms with van der Waals surface area (Å²) in [5.74, 6) is 0.467. The van der Waals surface area contributed by atoms with Crippen LogP contribution < -0.4 is 0 Å². The fraction of sp³-hybridized carbons (Fsp3) is 0.700. The Labute approximate surface area is 156 Å². The highest BCUT2D eigenvalue weighted by atomic mass is 32.2. The summed E-state index contributed by atoms with van der Waals surface area (Å²) in [5, 5.41) is 0. The van der Waals surface area contributed by atoms with E-state index in [4.69, 9.17) is 0 Å². The van der Waals surface area contributed by atoms with Gasteiger partial charge in [-0.3, -0.25) is 4.90 Å². The van der Waals surface area contributed by atoms with Gasteiger partial charge in [0.1, 0.15) is 5.82 Å². The highest BCUT2D eigenvalue weighted by Gasteiger charge is 2.45. The van der Waals surface area contributed by atoms with Crippen LogP contribution in [0.4, 0.5) is 4.39 Å². The van der Waals surface area contributed by atoms with Crippen molar-refractivity contribution < 1.29 is 12.8 Å². The molecule has 2 heterocycles. The number of fused-ring (bicyclic) bond motifs is 2. The minimum Gasteiger partial charge on any atom is -0.300 e. The number of rotatable bonds is 3. The SMILES string of the molecule is Cc1cc(F)ccc1S(=O)(=O)N1CC2CCCC(C1)C2N1CCCCC1. The molecule has 1 aliphatic carbocycles. The minimum absolute atomic E-state index is 0.258. The Morgan fingerprint density at radius 1 is 1.00 bits per heavy atom. The summed E-state index contributed by atoms with van der Waals surface area (Å²) >= 11 is 0. The molecule has 0 N–H and O–H groups in total. The summed E-state index contributed by atoms with van der Waals surface area (Å²) in [7, 11) is -3.56. The van der Waals surface area contributed by atoms with E-state index in [2.05, 4.69) is 4.90 Å². The minimum atomic E-state index is -3.56. The van der Waals surface area contributed by atoms with Gasteiger partial charge in [0.05, 0.1) is 4.90 Å². The third kappa shape index (κ3) is 3.32. The van der Waals surface area contributed by atoms with Crippen LogP contribution in [-0.4, -0.2) is 49.8 Å². The van der Waals surface area contributed by atoms with Crippen LogP contribution in [0.15, 0.2) is 23.1 Å². The van der Waals surface area contributed by atoms with Crippen molar-refractivity contribution in [3.63, 3.8) is 0 Å². The van der Waals surface area contributed by atoms with Crippen LogP contribution in [0.1, 0.15) is 44.1 Å². The first-order valence-electron chi connectivity index (χ1n) is 9.97. The Hall–Kier alpha value is -0.980. The smallest absolute Gasteiger partial charge is 0.243 e. The highest BCUT2D eigenvalue weighted by molar-refractivity contribution is 7.89. The lowest BCUT2D eigenvalue weighted by atomic mass is 9.73. The third-order valence-electron chi connectivity index (χ3n) is 6.56. The van der Waals surface area contributed by atoms with Gasteiger partial charge in [0.15, 0.2) is 0 Å². The first kappa shape index (κ1) is 18.4. The van der Waals surface area contributed by atoms with E-state index in [9.17, 15) is 12.8 Å². The van der Waals surface area contributed by atoms with Crippen molar-refractivity contribution in [3.8, 4) is 0 Å². The highest BCUT2D eigenvalue weighted by Crippen LogP contribution is 2.40. The lowest BCUT2D eigenvalue weighted by Gasteiger charge is -2.52. The second kappa shape index (κ2) is 7.21. The van der Waals surface area contributed by atoms with Crippen LogP contribution in [0.5, 0.6) is 0 Å². The average molecular weight is 381 g/mol. The summed E-state index contributed by atoms with van der Waals surface area (Å²) in [5.41, 5.74) is 0.494. The van der Waals surface area contributed by atoms with Gasteiger partial charge in [0, 0.05) is 19.1 Å². The molecule has 2 atom stereocenters. The fourth-order valence-corrected chi connectivity index (χ4v) is 7.17. The molecule has 3 fully saturated rings. The molecule has 3 aliphatic rings. The van der Waals surface area contributed by atoms with E-state index in [0.717, 1.165) is 12.8 Å². The number of hydrogen-bond acceptors (Lipinski definition) is 3. The molecule has 0 spiro atoms. The molecule has 2 unspecified atom stereocenters. The number of sulfonamides is 1. The van der Waals surface area contributed by atoms with E-state index < -0.39 is 10.0 Å². The molecule has 2 bridgehead atoms. The van der Waals surface area contributed by atoms with Crippen LogP contribution in [0, 0.1) is 24.6 Å². The Bertz CT molecular complexity index is 747. The molecule has 6 heteroatoms. The maximum atomic E-state index is 13.4. The Morgan fingerprint density at radius 3 is 2.27 bits per heavy atom. The third-order valence-corrected chi connectivity index (χ3v) is 8.55. The average Bonchev–Trinajstić information content (AvgIpc) is 2.61. The topological polar surface area (TPSA) is 40.6 Å². The molecule has 1 aromatic rings. The Balaban J connectivity index is 1.58. The normalized spacial score (nSPS) is 31.1. The molecular formula is C20H29FN2O2S. The monoisotopic (exact) mass is 380 g/mol. The maximum absolute atomic E-state index is 13.4. The van der Waals surface area contributed by atoms with Crippen LogP contribution in [-0.2, 0) is 10.0 Å². The second-order valence-corrected chi connectivity index (χ2v) is 10.2. The van der Waals surface area contributed by atoms with Crippen LogP contribution in [0.25, 0.3) is 0 Å². The van der Waals surface area contributed by atoms with E-state index in [1.165, 1.54) is 57.0 Å². The van der Waals surface area contributed by atoms with E-state index in [1.54, 1.807) is 11.2 Å². The van der Waals surface area contributed by atoms with Crippen molar-refractivity contribution in [2.24, 2.45) is 11.8 Å². The lowest BCUT2D eigenvalue weighted by Crippen LogP contribution is -2.59.